The van der Waals surface area contributed by atoms with E-state index in [1.165, 1.54) is 38.5 Å². The fourth-order valence-corrected chi connectivity index (χ4v) is 1.59. The van der Waals surface area contributed by atoms with E-state index in [1.807, 2.05) is 30.3 Å². The summed E-state index contributed by atoms with van der Waals surface area (Å²) in [7, 11) is 0. The first-order valence-electron chi connectivity index (χ1n) is 7.70. The van der Waals surface area contributed by atoms with Gasteiger partial charge < -0.3 is 35.4 Å². The molecule has 0 aliphatic carbocycles. The maximum atomic E-state index is 7.72. The molecule has 0 saturated carbocycles. The average molecular weight is 332 g/mol. The van der Waals surface area contributed by atoms with Crippen molar-refractivity contribution in [2.24, 2.45) is 0 Å². The molecule has 0 radical (unpaired) electrons. The van der Waals surface area contributed by atoms with Crippen molar-refractivity contribution in [2.45, 2.75) is 57.4 Å². The van der Waals surface area contributed by atoms with E-state index >= 15 is 0 Å². The number of unbranched alkanes of at least 4 members (excludes halogenated alkanes) is 5. The number of ether oxygens (including phenoxy) is 1. The van der Waals surface area contributed by atoms with E-state index in [1.54, 1.807) is 0 Å². The summed E-state index contributed by atoms with van der Waals surface area (Å²) in [5.41, 5.74) is 0. The Kier molecular flexibility index (Phi) is 10.7. The second kappa shape index (κ2) is 11.3. The first-order valence-corrected chi connectivity index (χ1v) is 7.70. The van der Waals surface area contributed by atoms with Gasteiger partial charge in [-0.15, -0.1) is 0 Å². The van der Waals surface area contributed by atoms with Crippen molar-refractivity contribution in [1.82, 2.24) is 0 Å². The summed E-state index contributed by atoms with van der Waals surface area (Å²) >= 11 is 0. The van der Waals surface area contributed by atoms with Gasteiger partial charge in [0.25, 0.3) is 0 Å². The molecular formula is C16H28O7. The van der Waals surface area contributed by atoms with Crippen LogP contribution >= 0.6 is 0 Å². The lowest BCUT2D eigenvalue weighted by Crippen LogP contribution is -2.54. The Morgan fingerprint density at radius 2 is 1.22 bits per heavy atom. The van der Waals surface area contributed by atoms with Crippen molar-refractivity contribution in [3.63, 3.8) is 0 Å². The molecule has 1 aromatic carbocycles. The van der Waals surface area contributed by atoms with Crippen molar-refractivity contribution in [3.05, 3.63) is 30.3 Å². The number of benzene rings is 1. The minimum absolute atomic E-state index is 0.857. The predicted molar refractivity (Wildman–Crippen MR) is 84.1 cm³/mol. The summed E-state index contributed by atoms with van der Waals surface area (Å²) in [6, 6.07) is 10.1. The fraction of sp³-hybridized carbons (Fsp3) is 0.625. The Labute approximate surface area is 136 Å². The van der Waals surface area contributed by atoms with Gasteiger partial charge in [0.05, 0.1) is 6.61 Å². The number of hydrogen-bond donors (Lipinski definition) is 6. The maximum absolute atomic E-state index is 7.72. The van der Waals surface area contributed by atoms with E-state index in [-0.39, 0.29) is 0 Å². The van der Waals surface area contributed by atoms with Crippen molar-refractivity contribution in [2.75, 3.05) is 6.61 Å². The van der Waals surface area contributed by atoms with E-state index in [9.17, 15) is 0 Å². The molecule has 0 heterocycles. The van der Waals surface area contributed by atoms with E-state index in [0.29, 0.717) is 0 Å². The van der Waals surface area contributed by atoms with Crippen LogP contribution in [0.3, 0.4) is 0 Å². The first kappa shape index (κ1) is 21.8. The molecule has 0 spiro atoms. The third-order valence-electron chi connectivity index (χ3n) is 2.96. The van der Waals surface area contributed by atoms with Crippen LogP contribution < -0.4 is 4.74 Å². The summed E-state index contributed by atoms with van der Waals surface area (Å²) in [6.07, 6.45) is 7.90. The smallest absolute Gasteiger partial charge is 0.362 e. The Balaban J connectivity index is 0.000000515. The normalized spacial score (nSPS) is 11.6. The molecule has 134 valence electrons. The van der Waals surface area contributed by atoms with Crippen molar-refractivity contribution >= 4 is 0 Å². The third-order valence-corrected chi connectivity index (χ3v) is 2.96. The Hall–Kier alpha value is -1.22. The van der Waals surface area contributed by atoms with E-state index in [2.05, 4.69) is 6.92 Å². The standard InChI is InChI=1S/C14H22O.C2H6O6/c1-2-3-4-5-6-10-13-15-14-11-8-7-9-12-14;3-1(4,5)2(6,7)8/h7-9,11-12H,2-6,10,13H2,1H3;3-8H. The molecule has 0 saturated heterocycles. The second-order valence-corrected chi connectivity index (χ2v) is 5.20. The molecular weight excluding hydrogens is 304 g/mol. The highest BCUT2D eigenvalue weighted by Gasteiger charge is 2.44. The van der Waals surface area contributed by atoms with Crippen LogP contribution in [0.15, 0.2) is 30.3 Å². The third kappa shape index (κ3) is 11.9. The minimum atomic E-state index is -3.90. The van der Waals surface area contributed by atoms with Crippen LogP contribution in [0.1, 0.15) is 45.4 Å². The van der Waals surface area contributed by atoms with Crippen LogP contribution in [0, 0.1) is 0 Å². The van der Waals surface area contributed by atoms with Crippen LogP contribution in [0.5, 0.6) is 5.75 Å². The molecule has 0 aliphatic heterocycles. The van der Waals surface area contributed by atoms with Gasteiger partial charge in [-0.1, -0.05) is 57.2 Å². The lowest BCUT2D eigenvalue weighted by Gasteiger charge is -2.23. The summed E-state index contributed by atoms with van der Waals surface area (Å²) < 4.78 is 5.61. The second-order valence-electron chi connectivity index (χ2n) is 5.20. The Bertz CT molecular complexity index is 370. The largest absolute Gasteiger partial charge is 0.494 e. The predicted octanol–water partition coefficient (Wildman–Crippen LogP) is 0.674. The average Bonchev–Trinajstić information content (AvgIpc) is 2.46. The van der Waals surface area contributed by atoms with Crippen LogP contribution in [0.2, 0.25) is 0 Å². The Morgan fingerprint density at radius 1 is 0.739 bits per heavy atom. The van der Waals surface area contributed by atoms with E-state index in [4.69, 9.17) is 35.4 Å². The van der Waals surface area contributed by atoms with E-state index < -0.39 is 11.9 Å². The Morgan fingerprint density at radius 3 is 1.70 bits per heavy atom. The SMILES string of the molecule is CCCCCCCCOc1ccccc1.OC(O)(O)C(O)(O)O. The monoisotopic (exact) mass is 332 g/mol. The van der Waals surface area contributed by atoms with Crippen LogP contribution in [0.4, 0.5) is 0 Å². The van der Waals surface area contributed by atoms with Crippen LogP contribution in [-0.2, 0) is 0 Å². The summed E-state index contributed by atoms with van der Waals surface area (Å²) in [4.78, 5) is 0. The molecule has 23 heavy (non-hydrogen) atoms. The highest BCUT2D eigenvalue weighted by Crippen LogP contribution is 2.10. The highest BCUT2D eigenvalue weighted by atomic mass is 16.8. The quantitative estimate of drug-likeness (QED) is 0.289. The summed E-state index contributed by atoms with van der Waals surface area (Å²) in [6.45, 7) is 3.11. The van der Waals surface area contributed by atoms with Crippen molar-refractivity contribution < 1.29 is 35.4 Å². The minimum Gasteiger partial charge on any atom is -0.494 e. The molecule has 0 unspecified atom stereocenters. The maximum Gasteiger partial charge on any atom is 0.362 e. The molecule has 7 heteroatoms. The van der Waals surface area contributed by atoms with Gasteiger partial charge in [-0.3, -0.25) is 0 Å². The molecule has 6 N–H and O–H groups in total. The van der Waals surface area contributed by atoms with Gasteiger partial charge in [0.15, 0.2) is 0 Å². The summed E-state index contributed by atoms with van der Waals surface area (Å²) in [5.74, 6) is -6.80. The molecule has 0 bridgehead atoms. The van der Waals surface area contributed by atoms with Gasteiger partial charge in [-0.2, -0.15) is 0 Å². The number of hydrogen-bond acceptors (Lipinski definition) is 7. The molecule has 0 atom stereocenters. The van der Waals surface area contributed by atoms with Gasteiger partial charge in [0.1, 0.15) is 5.75 Å². The number of aliphatic hydroxyl groups is 6. The van der Waals surface area contributed by atoms with Gasteiger partial charge in [-0.05, 0) is 18.6 Å². The van der Waals surface area contributed by atoms with Gasteiger partial charge in [-0.25, -0.2) is 0 Å². The zero-order valence-electron chi connectivity index (χ0n) is 13.4. The first-order chi connectivity index (χ1) is 10.7. The van der Waals surface area contributed by atoms with Crippen molar-refractivity contribution in [3.8, 4) is 5.75 Å². The van der Waals surface area contributed by atoms with Crippen molar-refractivity contribution in [1.29, 1.82) is 0 Å². The lowest BCUT2D eigenvalue weighted by atomic mass is 10.1. The fourth-order valence-electron chi connectivity index (χ4n) is 1.59. The van der Waals surface area contributed by atoms with Gasteiger partial charge in [0, 0.05) is 0 Å². The van der Waals surface area contributed by atoms with Gasteiger partial charge >= 0.3 is 11.9 Å². The molecule has 0 aliphatic rings. The topological polar surface area (TPSA) is 131 Å². The number of rotatable bonds is 9. The molecule has 0 amide bonds. The molecule has 0 fully saturated rings. The highest BCUT2D eigenvalue weighted by molar-refractivity contribution is 5.20. The molecule has 7 nitrogen and oxygen atoms in total. The molecule has 1 aromatic rings. The molecule has 0 aromatic heterocycles. The van der Waals surface area contributed by atoms with Crippen LogP contribution in [0.25, 0.3) is 0 Å². The lowest BCUT2D eigenvalue weighted by molar-refractivity contribution is -0.512. The summed E-state index contributed by atoms with van der Waals surface area (Å²) in [5, 5.41) is 46.3. The molecule has 1 rings (SSSR count). The zero-order chi connectivity index (χ0) is 17.8. The van der Waals surface area contributed by atoms with Gasteiger partial charge in [0.2, 0.25) is 0 Å². The van der Waals surface area contributed by atoms with Crippen LogP contribution in [-0.4, -0.2) is 49.2 Å². The number of para-hydroxylation sites is 1. The van der Waals surface area contributed by atoms with E-state index in [0.717, 1.165) is 12.4 Å². The zero-order valence-corrected chi connectivity index (χ0v) is 13.4.